The quantitative estimate of drug-likeness (QED) is 0.202. The van der Waals surface area contributed by atoms with E-state index in [0.717, 1.165) is 16.0 Å². The van der Waals surface area contributed by atoms with Gasteiger partial charge in [0.15, 0.2) is 5.13 Å². The first kappa shape index (κ1) is 22.7. The van der Waals surface area contributed by atoms with Crippen LogP contribution in [0.3, 0.4) is 0 Å². The number of aliphatic hydroxyl groups is 1. The molecule has 1 fully saturated rings. The molecule has 0 saturated carbocycles. The minimum Gasteiger partial charge on any atom is -0.507 e. The summed E-state index contributed by atoms with van der Waals surface area (Å²) in [5, 5.41) is 12.2. The van der Waals surface area contributed by atoms with Crippen molar-refractivity contribution in [3.63, 3.8) is 0 Å². The van der Waals surface area contributed by atoms with Crippen molar-refractivity contribution in [2.75, 3.05) is 4.90 Å². The van der Waals surface area contributed by atoms with Gasteiger partial charge in [-0.15, -0.1) is 0 Å². The molecule has 6 nitrogen and oxygen atoms in total. The van der Waals surface area contributed by atoms with Gasteiger partial charge in [-0.2, -0.15) is 0 Å². The number of carbonyl (C=O) groups excluding carboxylic acids is 2. The monoisotopic (exact) mass is 520 g/mol. The SMILES string of the molecule is CC1Cc2cc(C(O)=C3C(=O)C(=O)N(c4nc5ccc(Cl)cc5s4)C3c3ccc(F)cc3)ccc2O1. The van der Waals surface area contributed by atoms with Gasteiger partial charge in [-0.3, -0.25) is 14.5 Å². The van der Waals surface area contributed by atoms with Crippen LogP contribution in [0.15, 0.2) is 66.2 Å². The molecular weight excluding hydrogens is 503 g/mol. The fraction of sp³-hybridized carbons (Fsp3) is 0.148. The second-order valence-electron chi connectivity index (χ2n) is 8.78. The average molecular weight is 521 g/mol. The molecule has 180 valence electrons. The Balaban J connectivity index is 1.53. The van der Waals surface area contributed by atoms with E-state index < -0.39 is 23.5 Å². The molecule has 3 aromatic carbocycles. The van der Waals surface area contributed by atoms with E-state index in [1.165, 1.54) is 40.5 Å². The fourth-order valence-electron chi connectivity index (χ4n) is 4.70. The van der Waals surface area contributed by atoms with Crippen LogP contribution in [0.4, 0.5) is 9.52 Å². The predicted molar refractivity (Wildman–Crippen MR) is 136 cm³/mol. The fourth-order valence-corrected chi connectivity index (χ4v) is 5.97. The molecule has 1 N–H and O–H groups in total. The van der Waals surface area contributed by atoms with Crippen LogP contribution in [0, 0.1) is 5.82 Å². The maximum atomic E-state index is 13.8. The molecule has 2 unspecified atom stereocenters. The minimum absolute atomic E-state index is 0.00901. The third-order valence-corrected chi connectivity index (χ3v) is 7.60. The highest BCUT2D eigenvalue weighted by Crippen LogP contribution is 2.45. The number of fused-ring (bicyclic) bond motifs is 2. The standard InChI is InChI=1S/C27H18ClFN2O4S/c1-13-10-16-11-15(4-9-20(16)35-13)24(32)22-23(14-2-6-18(29)7-3-14)31(26(34)25(22)33)27-30-19-8-5-17(28)12-21(19)36-27/h2-9,11-13,23,32H,10H2,1H3. The van der Waals surface area contributed by atoms with Gasteiger partial charge in [0.1, 0.15) is 23.4 Å². The third kappa shape index (κ3) is 3.65. The average Bonchev–Trinajstić information content (AvgIpc) is 3.51. The van der Waals surface area contributed by atoms with E-state index in [4.69, 9.17) is 16.3 Å². The second-order valence-corrected chi connectivity index (χ2v) is 10.2. The van der Waals surface area contributed by atoms with Crippen molar-refractivity contribution in [2.45, 2.75) is 25.5 Å². The highest BCUT2D eigenvalue weighted by Gasteiger charge is 2.48. The summed E-state index contributed by atoms with van der Waals surface area (Å²) in [6.07, 6.45) is 0.676. The van der Waals surface area contributed by atoms with Gasteiger partial charge in [0, 0.05) is 17.0 Å². The Morgan fingerprint density at radius 1 is 1.14 bits per heavy atom. The number of ether oxygens (including phenoxy) is 1. The Bertz CT molecular complexity index is 1600. The number of hydrogen-bond donors (Lipinski definition) is 1. The molecule has 1 aromatic heterocycles. The lowest BCUT2D eigenvalue weighted by atomic mass is 9.94. The molecule has 1 saturated heterocycles. The lowest BCUT2D eigenvalue weighted by molar-refractivity contribution is -0.132. The number of aliphatic hydroxyl groups excluding tert-OH is 1. The molecular formula is C27H18ClFN2O4S. The van der Waals surface area contributed by atoms with Crippen LogP contribution in [-0.4, -0.2) is 27.9 Å². The van der Waals surface area contributed by atoms with E-state index in [2.05, 4.69) is 4.98 Å². The number of halogens is 2. The van der Waals surface area contributed by atoms with Crippen LogP contribution < -0.4 is 9.64 Å². The van der Waals surface area contributed by atoms with Gasteiger partial charge in [0.25, 0.3) is 5.78 Å². The Labute approximate surface area is 214 Å². The predicted octanol–water partition coefficient (Wildman–Crippen LogP) is 6.04. The molecule has 4 aromatic rings. The topological polar surface area (TPSA) is 79.7 Å². The number of anilines is 1. The van der Waals surface area contributed by atoms with Gasteiger partial charge in [0.05, 0.1) is 21.8 Å². The van der Waals surface area contributed by atoms with Crippen molar-refractivity contribution >= 4 is 55.7 Å². The molecule has 36 heavy (non-hydrogen) atoms. The molecule has 0 bridgehead atoms. The Morgan fingerprint density at radius 2 is 1.92 bits per heavy atom. The molecule has 2 atom stereocenters. The molecule has 0 aliphatic carbocycles. The summed E-state index contributed by atoms with van der Waals surface area (Å²) >= 11 is 7.32. The number of Topliss-reactive ketones (excluding diaryl/α,β-unsaturated/α-hetero) is 1. The highest BCUT2D eigenvalue weighted by atomic mass is 35.5. The molecule has 2 aliphatic heterocycles. The number of benzene rings is 3. The zero-order chi connectivity index (χ0) is 25.1. The smallest absolute Gasteiger partial charge is 0.301 e. The lowest BCUT2D eigenvalue weighted by Gasteiger charge is -2.23. The van der Waals surface area contributed by atoms with Gasteiger partial charge in [0.2, 0.25) is 0 Å². The Kier molecular flexibility index (Phi) is 5.31. The van der Waals surface area contributed by atoms with Gasteiger partial charge in [-0.1, -0.05) is 35.1 Å². The van der Waals surface area contributed by atoms with Crippen LogP contribution in [0.2, 0.25) is 5.02 Å². The molecule has 6 rings (SSSR count). The van der Waals surface area contributed by atoms with E-state index in [9.17, 15) is 19.1 Å². The molecule has 2 aliphatic rings. The van der Waals surface area contributed by atoms with E-state index >= 15 is 0 Å². The third-order valence-electron chi connectivity index (χ3n) is 6.34. The molecule has 9 heteroatoms. The van der Waals surface area contributed by atoms with Gasteiger partial charge < -0.3 is 9.84 Å². The summed E-state index contributed by atoms with van der Waals surface area (Å²) in [6.45, 7) is 1.95. The number of nitrogens with zero attached hydrogens (tertiary/aromatic N) is 2. The highest BCUT2D eigenvalue weighted by molar-refractivity contribution is 7.22. The zero-order valence-corrected chi connectivity index (χ0v) is 20.4. The number of carbonyl (C=O) groups is 2. The summed E-state index contributed by atoms with van der Waals surface area (Å²) in [6, 6.07) is 14.8. The Hall–Kier alpha value is -3.75. The van der Waals surface area contributed by atoms with Crippen LogP contribution in [0.1, 0.15) is 29.7 Å². The summed E-state index contributed by atoms with van der Waals surface area (Å²) in [4.78, 5) is 32.5. The Morgan fingerprint density at radius 3 is 2.69 bits per heavy atom. The van der Waals surface area contributed by atoms with E-state index in [-0.39, 0.29) is 22.6 Å². The first-order valence-corrected chi connectivity index (χ1v) is 12.4. The van der Waals surface area contributed by atoms with Gasteiger partial charge >= 0.3 is 5.91 Å². The van der Waals surface area contributed by atoms with Crippen LogP contribution >= 0.6 is 22.9 Å². The van der Waals surface area contributed by atoms with E-state index in [1.807, 2.05) is 6.92 Å². The largest absolute Gasteiger partial charge is 0.507 e. The van der Waals surface area contributed by atoms with E-state index in [1.54, 1.807) is 36.4 Å². The second kappa shape index (κ2) is 8.43. The van der Waals surface area contributed by atoms with Crippen molar-refractivity contribution < 1.29 is 23.8 Å². The van der Waals surface area contributed by atoms with Crippen molar-refractivity contribution in [1.82, 2.24) is 4.98 Å². The van der Waals surface area contributed by atoms with Crippen molar-refractivity contribution in [3.05, 3.63) is 93.8 Å². The first-order chi connectivity index (χ1) is 17.3. The van der Waals surface area contributed by atoms with Crippen molar-refractivity contribution in [3.8, 4) is 5.75 Å². The molecule has 0 spiro atoms. The summed E-state index contributed by atoms with van der Waals surface area (Å²) in [5.74, 6) is -1.71. The normalized spacial score (nSPS) is 20.7. The van der Waals surface area contributed by atoms with Gasteiger partial charge in [-0.05, 0) is 66.6 Å². The number of amides is 1. The number of thiazole rings is 1. The number of aromatic nitrogens is 1. The molecule has 3 heterocycles. The minimum atomic E-state index is -0.995. The number of hydrogen-bond acceptors (Lipinski definition) is 6. The van der Waals surface area contributed by atoms with Crippen LogP contribution in [-0.2, 0) is 16.0 Å². The van der Waals surface area contributed by atoms with Crippen molar-refractivity contribution in [2.24, 2.45) is 0 Å². The van der Waals surface area contributed by atoms with E-state index in [0.29, 0.717) is 28.1 Å². The molecule has 0 radical (unpaired) electrons. The number of ketones is 1. The molecule has 1 amide bonds. The van der Waals surface area contributed by atoms with Crippen LogP contribution in [0.25, 0.3) is 16.0 Å². The van der Waals surface area contributed by atoms with Crippen molar-refractivity contribution in [1.29, 1.82) is 0 Å². The number of rotatable bonds is 3. The van der Waals surface area contributed by atoms with Gasteiger partial charge in [-0.25, -0.2) is 9.37 Å². The first-order valence-electron chi connectivity index (χ1n) is 11.2. The zero-order valence-electron chi connectivity index (χ0n) is 18.9. The summed E-state index contributed by atoms with van der Waals surface area (Å²) in [5.41, 5.74) is 2.30. The maximum Gasteiger partial charge on any atom is 0.301 e. The lowest BCUT2D eigenvalue weighted by Crippen LogP contribution is -2.29. The van der Waals surface area contributed by atoms with Crippen LogP contribution in [0.5, 0.6) is 5.75 Å². The summed E-state index contributed by atoms with van der Waals surface area (Å²) < 4.78 is 20.2. The summed E-state index contributed by atoms with van der Waals surface area (Å²) in [7, 11) is 0. The maximum absolute atomic E-state index is 13.8.